The molecule has 1 aliphatic rings. The van der Waals surface area contributed by atoms with Gasteiger partial charge in [-0.25, -0.2) is 4.79 Å². The highest BCUT2D eigenvalue weighted by Gasteiger charge is 2.22. The average Bonchev–Trinajstić information content (AvgIpc) is 2.67. The van der Waals surface area contributed by atoms with Crippen molar-refractivity contribution in [2.45, 2.75) is 45.2 Å². The monoisotopic (exact) mass is 399 g/mol. The van der Waals surface area contributed by atoms with E-state index in [2.05, 4.69) is 17.2 Å². The lowest BCUT2D eigenvalue weighted by Crippen LogP contribution is -2.44. The number of nitrogen functional groups attached to an aromatic ring is 1. The highest BCUT2D eigenvalue weighted by atomic mass is 16.2. The molecule has 3 rings (SSSR count). The Kier molecular flexibility index (Phi) is 6.41. The molecule has 0 atom stereocenters. The van der Waals surface area contributed by atoms with Crippen LogP contribution in [0.1, 0.15) is 38.2 Å². The summed E-state index contributed by atoms with van der Waals surface area (Å²) in [7, 11) is 1.63. The van der Waals surface area contributed by atoms with Crippen molar-refractivity contribution in [3.63, 3.8) is 0 Å². The Morgan fingerprint density at radius 2 is 1.86 bits per heavy atom. The first-order valence-corrected chi connectivity index (χ1v) is 10.0. The van der Waals surface area contributed by atoms with Gasteiger partial charge in [-0.1, -0.05) is 37.3 Å². The van der Waals surface area contributed by atoms with Crippen LogP contribution in [0.15, 0.2) is 39.9 Å². The maximum Gasteiger partial charge on any atom is 0.330 e. The Morgan fingerprint density at radius 1 is 1.21 bits per heavy atom. The number of hydrogen-bond donors (Lipinski definition) is 3. The SMILES string of the molecule is CC1CCC(NC(=O)CN(C)c2c(N)n(Cc3ccccc3)c(=O)[nH]c2=O)CC1. The first kappa shape index (κ1) is 20.7. The Balaban J connectivity index is 1.75. The van der Waals surface area contributed by atoms with Gasteiger partial charge in [-0.05, 0) is 37.2 Å². The number of hydrogen-bond acceptors (Lipinski definition) is 5. The number of aromatic nitrogens is 2. The molecule has 1 heterocycles. The molecule has 1 fully saturated rings. The van der Waals surface area contributed by atoms with Gasteiger partial charge in [-0.15, -0.1) is 0 Å². The van der Waals surface area contributed by atoms with E-state index in [0.29, 0.717) is 5.92 Å². The third-order valence-electron chi connectivity index (χ3n) is 5.54. The van der Waals surface area contributed by atoms with Crippen LogP contribution in [-0.2, 0) is 11.3 Å². The van der Waals surface area contributed by atoms with Crippen molar-refractivity contribution in [3.05, 3.63) is 56.7 Å². The molecular weight excluding hydrogens is 370 g/mol. The Labute approximate surface area is 169 Å². The fraction of sp³-hybridized carbons (Fsp3) is 0.476. The van der Waals surface area contributed by atoms with Gasteiger partial charge in [0, 0.05) is 13.1 Å². The summed E-state index contributed by atoms with van der Waals surface area (Å²) < 4.78 is 1.31. The van der Waals surface area contributed by atoms with E-state index in [9.17, 15) is 14.4 Å². The lowest BCUT2D eigenvalue weighted by Gasteiger charge is -2.28. The summed E-state index contributed by atoms with van der Waals surface area (Å²) in [4.78, 5) is 40.9. The normalized spacial score (nSPS) is 19.0. The zero-order valence-electron chi connectivity index (χ0n) is 17.0. The van der Waals surface area contributed by atoms with Crippen molar-refractivity contribution in [1.82, 2.24) is 14.9 Å². The number of nitrogens with zero attached hydrogens (tertiary/aromatic N) is 2. The van der Waals surface area contributed by atoms with E-state index in [0.717, 1.165) is 31.2 Å². The maximum absolute atomic E-state index is 12.5. The van der Waals surface area contributed by atoms with Crippen molar-refractivity contribution < 1.29 is 4.79 Å². The third kappa shape index (κ3) is 5.07. The summed E-state index contributed by atoms with van der Waals surface area (Å²) in [5, 5.41) is 3.04. The van der Waals surface area contributed by atoms with Crippen LogP contribution in [0.2, 0.25) is 0 Å². The molecule has 2 aromatic rings. The van der Waals surface area contributed by atoms with Gasteiger partial charge in [0.15, 0.2) is 0 Å². The summed E-state index contributed by atoms with van der Waals surface area (Å²) in [5.74, 6) is 0.589. The second kappa shape index (κ2) is 8.98. The number of nitrogens with one attached hydrogen (secondary N) is 2. The van der Waals surface area contributed by atoms with Crippen molar-refractivity contribution in [1.29, 1.82) is 0 Å². The molecule has 0 saturated heterocycles. The van der Waals surface area contributed by atoms with E-state index in [1.165, 1.54) is 9.47 Å². The van der Waals surface area contributed by atoms with Crippen molar-refractivity contribution in [2.24, 2.45) is 5.92 Å². The van der Waals surface area contributed by atoms with Crippen LogP contribution in [0.3, 0.4) is 0 Å². The molecule has 1 aromatic heterocycles. The minimum Gasteiger partial charge on any atom is -0.383 e. The largest absolute Gasteiger partial charge is 0.383 e. The van der Waals surface area contributed by atoms with E-state index in [4.69, 9.17) is 5.73 Å². The molecule has 1 amide bonds. The third-order valence-corrected chi connectivity index (χ3v) is 5.54. The zero-order valence-corrected chi connectivity index (χ0v) is 17.0. The zero-order chi connectivity index (χ0) is 21.0. The van der Waals surface area contributed by atoms with E-state index < -0.39 is 11.2 Å². The summed E-state index contributed by atoms with van der Waals surface area (Å²) in [5.41, 5.74) is 6.00. The molecule has 0 bridgehead atoms. The Bertz CT molecular complexity index is 959. The van der Waals surface area contributed by atoms with Crippen LogP contribution in [0.4, 0.5) is 11.5 Å². The molecule has 8 heteroatoms. The number of carbonyl (C=O) groups is 1. The van der Waals surface area contributed by atoms with Crippen LogP contribution in [0.25, 0.3) is 0 Å². The van der Waals surface area contributed by atoms with Crippen molar-refractivity contribution in [2.75, 3.05) is 24.2 Å². The lowest BCUT2D eigenvalue weighted by molar-refractivity contribution is -0.120. The van der Waals surface area contributed by atoms with Gasteiger partial charge in [-0.3, -0.25) is 19.1 Å². The van der Waals surface area contributed by atoms with E-state index in [1.807, 2.05) is 30.3 Å². The van der Waals surface area contributed by atoms with Crippen LogP contribution < -0.4 is 27.2 Å². The number of amides is 1. The number of anilines is 2. The first-order valence-electron chi connectivity index (χ1n) is 10.0. The quantitative estimate of drug-likeness (QED) is 0.678. The fourth-order valence-corrected chi connectivity index (χ4v) is 3.84. The summed E-state index contributed by atoms with van der Waals surface area (Å²) in [6.07, 6.45) is 4.16. The molecular formula is C21H29N5O3. The molecule has 0 radical (unpaired) electrons. The van der Waals surface area contributed by atoms with Crippen LogP contribution >= 0.6 is 0 Å². The molecule has 0 spiro atoms. The molecule has 1 aromatic carbocycles. The van der Waals surface area contributed by atoms with E-state index in [1.54, 1.807) is 7.05 Å². The minimum absolute atomic E-state index is 0.0110. The number of rotatable bonds is 6. The minimum atomic E-state index is -0.599. The second-order valence-electron chi connectivity index (χ2n) is 7.95. The highest BCUT2D eigenvalue weighted by molar-refractivity contribution is 5.82. The van der Waals surface area contributed by atoms with Crippen LogP contribution in [0.5, 0.6) is 0 Å². The molecule has 0 aliphatic heterocycles. The van der Waals surface area contributed by atoms with Crippen molar-refractivity contribution >= 4 is 17.4 Å². The number of carbonyl (C=O) groups excluding carboxylic acids is 1. The van der Waals surface area contributed by atoms with Crippen LogP contribution in [0, 0.1) is 5.92 Å². The molecule has 0 unspecified atom stereocenters. The topological polar surface area (TPSA) is 113 Å². The molecule has 1 saturated carbocycles. The van der Waals surface area contributed by atoms with Gasteiger partial charge in [-0.2, -0.15) is 0 Å². The number of aromatic amines is 1. The molecule has 29 heavy (non-hydrogen) atoms. The van der Waals surface area contributed by atoms with Gasteiger partial charge in [0.25, 0.3) is 5.56 Å². The Morgan fingerprint density at radius 3 is 2.52 bits per heavy atom. The smallest absolute Gasteiger partial charge is 0.330 e. The predicted molar refractivity (Wildman–Crippen MR) is 114 cm³/mol. The average molecular weight is 399 g/mol. The number of likely N-dealkylation sites (N-methyl/N-ethyl adjacent to an activating group) is 1. The summed E-state index contributed by atoms with van der Waals surface area (Å²) in [6.45, 7) is 2.45. The molecule has 8 nitrogen and oxygen atoms in total. The highest BCUT2D eigenvalue weighted by Crippen LogP contribution is 2.23. The van der Waals surface area contributed by atoms with E-state index >= 15 is 0 Å². The number of H-pyrrole nitrogens is 1. The number of benzene rings is 1. The predicted octanol–water partition coefficient (Wildman–Crippen LogP) is 1.30. The Hall–Kier alpha value is -3.03. The van der Waals surface area contributed by atoms with E-state index in [-0.39, 0.29) is 36.5 Å². The molecule has 156 valence electrons. The molecule has 1 aliphatic carbocycles. The maximum atomic E-state index is 12.5. The number of nitrogens with two attached hydrogens (primary N) is 1. The van der Waals surface area contributed by atoms with Gasteiger partial charge in [0.1, 0.15) is 11.5 Å². The summed E-state index contributed by atoms with van der Waals surface area (Å²) in [6, 6.07) is 9.54. The standard InChI is InChI=1S/C21H29N5O3/c1-14-8-10-16(11-9-14)23-17(27)13-25(2)18-19(22)26(21(29)24-20(18)28)12-15-6-4-3-5-7-15/h3-7,14,16H,8-13,22H2,1-2H3,(H,23,27)(H,24,28,29). The lowest BCUT2D eigenvalue weighted by atomic mass is 9.87. The second-order valence-corrected chi connectivity index (χ2v) is 7.95. The van der Waals surface area contributed by atoms with Gasteiger partial charge in [0.2, 0.25) is 5.91 Å². The summed E-state index contributed by atoms with van der Waals surface area (Å²) >= 11 is 0. The van der Waals surface area contributed by atoms with Gasteiger partial charge in [0.05, 0.1) is 13.1 Å². The van der Waals surface area contributed by atoms with Gasteiger partial charge < -0.3 is 16.0 Å². The van der Waals surface area contributed by atoms with Crippen molar-refractivity contribution in [3.8, 4) is 0 Å². The molecule has 4 N–H and O–H groups in total. The fourth-order valence-electron chi connectivity index (χ4n) is 3.84. The van der Waals surface area contributed by atoms with Gasteiger partial charge >= 0.3 is 5.69 Å². The van der Waals surface area contributed by atoms with Crippen LogP contribution in [-0.4, -0.2) is 35.1 Å². The first-order chi connectivity index (χ1) is 13.8.